The molecule has 0 aliphatic heterocycles. The highest BCUT2D eigenvalue weighted by molar-refractivity contribution is 6.32. The molecular weight excluding hydrogens is 262 g/mol. The van der Waals surface area contributed by atoms with Crippen molar-refractivity contribution in [2.75, 3.05) is 11.9 Å². The van der Waals surface area contributed by atoms with Gasteiger partial charge in [-0.25, -0.2) is 9.97 Å². The molecule has 0 spiro atoms. The first-order valence-electron chi connectivity index (χ1n) is 6.19. The Kier molecular flexibility index (Phi) is 4.58. The predicted molar refractivity (Wildman–Crippen MR) is 77.1 cm³/mol. The Morgan fingerprint density at radius 2 is 2.11 bits per heavy atom. The summed E-state index contributed by atoms with van der Waals surface area (Å²) >= 11 is 6.12. The van der Waals surface area contributed by atoms with Crippen LogP contribution in [0.4, 0.5) is 5.82 Å². The molecule has 5 heteroatoms. The number of ether oxygens (including phenoxy) is 1. The number of aryl methyl sites for hydroxylation is 1. The third kappa shape index (κ3) is 3.83. The number of hydrogen-bond donors (Lipinski definition) is 1. The van der Waals surface area contributed by atoms with Gasteiger partial charge in [-0.15, -0.1) is 0 Å². The van der Waals surface area contributed by atoms with Crippen molar-refractivity contribution < 1.29 is 4.74 Å². The van der Waals surface area contributed by atoms with Gasteiger partial charge in [0.15, 0.2) is 0 Å². The molecule has 0 radical (unpaired) electrons. The number of rotatable bonds is 5. The zero-order valence-corrected chi connectivity index (χ0v) is 11.7. The molecule has 2 rings (SSSR count). The maximum absolute atomic E-state index is 6.12. The fourth-order valence-corrected chi connectivity index (χ4v) is 1.82. The van der Waals surface area contributed by atoms with Crippen LogP contribution in [0.3, 0.4) is 0 Å². The molecule has 100 valence electrons. The van der Waals surface area contributed by atoms with Crippen LogP contribution in [-0.4, -0.2) is 16.5 Å². The van der Waals surface area contributed by atoms with Crippen LogP contribution in [0.25, 0.3) is 0 Å². The maximum Gasteiger partial charge on any atom is 0.224 e. The van der Waals surface area contributed by atoms with E-state index in [4.69, 9.17) is 16.3 Å². The molecule has 0 bridgehead atoms. The largest absolute Gasteiger partial charge is 0.437 e. The Balaban J connectivity index is 2.14. The summed E-state index contributed by atoms with van der Waals surface area (Å²) in [4.78, 5) is 8.19. The molecule has 0 saturated carbocycles. The Morgan fingerprint density at radius 3 is 2.84 bits per heavy atom. The minimum atomic E-state index is 0.472. The lowest BCUT2D eigenvalue weighted by Crippen LogP contribution is -2.02. The first-order valence-corrected chi connectivity index (χ1v) is 6.56. The highest BCUT2D eigenvalue weighted by Crippen LogP contribution is 2.29. The molecule has 1 aromatic carbocycles. The monoisotopic (exact) mass is 277 g/mol. The smallest absolute Gasteiger partial charge is 0.224 e. The minimum absolute atomic E-state index is 0.472. The third-order valence-corrected chi connectivity index (χ3v) is 2.80. The standard InChI is InChI=1S/C14H16ClN3O/c1-3-6-16-13-8-14(18-9-17-13)19-12-5-4-10(2)7-11(12)15/h4-5,7-9H,3,6H2,1-2H3,(H,16,17,18). The van der Waals surface area contributed by atoms with Crippen LogP contribution in [0.5, 0.6) is 11.6 Å². The molecule has 1 N–H and O–H groups in total. The minimum Gasteiger partial charge on any atom is -0.437 e. The van der Waals surface area contributed by atoms with E-state index in [-0.39, 0.29) is 0 Å². The third-order valence-electron chi connectivity index (χ3n) is 2.50. The van der Waals surface area contributed by atoms with Gasteiger partial charge in [-0.3, -0.25) is 0 Å². The summed E-state index contributed by atoms with van der Waals surface area (Å²) < 4.78 is 5.66. The summed E-state index contributed by atoms with van der Waals surface area (Å²) in [5.41, 5.74) is 1.09. The molecular formula is C14H16ClN3O. The predicted octanol–water partition coefficient (Wildman–Crippen LogP) is 4.05. The van der Waals surface area contributed by atoms with E-state index in [2.05, 4.69) is 22.2 Å². The molecule has 0 aliphatic rings. The molecule has 0 unspecified atom stereocenters. The summed E-state index contributed by atoms with van der Waals surface area (Å²) in [5.74, 6) is 1.81. The SMILES string of the molecule is CCCNc1cc(Oc2ccc(C)cc2Cl)ncn1. The summed E-state index contributed by atoms with van der Waals surface area (Å²) in [7, 11) is 0. The second-order valence-electron chi connectivity index (χ2n) is 4.20. The van der Waals surface area contributed by atoms with Crippen molar-refractivity contribution in [3.63, 3.8) is 0 Å². The van der Waals surface area contributed by atoms with Crippen molar-refractivity contribution in [3.05, 3.63) is 41.2 Å². The summed E-state index contributed by atoms with van der Waals surface area (Å²) in [5, 5.41) is 3.75. The number of nitrogens with zero attached hydrogens (tertiary/aromatic N) is 2. The van der Waals surface area contributed by atoms with E-state index in [0.717, 1.165) is 24.3 Å². The van der Waals surface area contributed by atoms with Crippen molar-refractivity contribution in [3.8, 4) is 11.6 Å². The second kappa shape index (κ2) is 6.38. The number of benzene rings is 1. The lowest BCUT2D eigenvalue weighted by molar-refractivity contribution is 0.462. The van der Waals surface area contributed by atoms with Gasteiger partial charge in [-0.1, -0.05) is 24.6 Å². The summed E-state index contributed by atoms with van der Waals surface area (Å²) in [6.45, 7) is 4.94. The number of hydrogen-bond acceptors (Lipinski definition) is 4. The first kappa shape index (κ1) is 13.6. The fraction of sp³-hybridized carbons (Fsp3) is 0.286. The summed E-state index contributed by atoms with van der Waals surface area (Å²) in [6.07, 6.45) is 2.50. The topological polar surface area (TPSA) is 47.0 Å². The van der Waals surface area contributed by atoms with Gasteiger partial charge in [0.2, 0.25) is 5.88 Å². The fourth-order valence-electron chi connectivity index (χ4n) is 1.55. The molecule has 0 saturated heterocycles. The second-order valence-corrected chi connectivity index (χ2v) is 4.61. The van der Waals surface area contributed by atoms with Gasteiger partial charge >= 0.3 is 0 Å². The van der Waals surface area contributed by atoms with E-state index >= 15 is 0 Å². The highest BCUT2D eigenvalue weighted by Gasteiger charge is 2.05. The Bertz CT molecular complexity index is 560. The number of nitrogens with one attached hydrogen (secondary N) is 1. The van der Waals surface area contributed by atoms with Crippen LogP contribution >= 0.6 is 11.6 Å². The first-order chi connectivity index (χ1) is 9.19. The van der Waals surface area contributed by atoms with Crippen LogP contribution in [0.1, 0.15) is 18.9 Å². The molecule has 4 nitrogen and oxygen atoms in total. The van der Waals surface area contributed by atoms with E-state index in [1.54, 1.807) is 6.07 Å². The lowest BCUT2D eigenvalue weighted by atomic mass is 10.2. The number of halogens is 1. The van der Waals surface area contributed by atoms with E-state index in [1.807, 2.05) is 25.1 Å². The van der Waals surface area contributed by atoms with Crippen molar-refractivity contribution in [1.82, 2.24) is 9.97 Å². The van der Waals surface area contributed by atoms with Gasteiger partial charge in [0, 0.05) is 12.6 Å². The normalized spacial score (nSPS) is 10.3. The van der Waals surface area contributed by atoms with Crippen molar-refractivity contribution >= 4 is 17.4 Å². The van der Waals surface area contributed by atoms with Crippen LogP contribution in [0.2, 0.25) is 5.02 Å². The van der Waals surface area contributed by atoms with Gasteiger partial charge in [0.1, 0.15) is 17.9 Å². The zero-order valence-electron chi connectivity index (χ0n) is 11.0. The molecule has 0 fully saturated rings. The average molecular weight is 278 g/mol. The molecule has 0 aliphatic carbocycles. The van der Waals surface area contributed by atoms with Crippen LogP contribution < -0.4 is 10.1 Å². The molecule has 1 heterocycles. The molecule has 0 atom stereocenters. The van der Waals surface area contributed by atoms with E-state index in [1.165, 1.54) is 6.33 Å². The maximum atomic E-state index is 6.12. The van der Waals surface area contributed by atoms with Crippen LogP contribution in [0.15, 0.2) is 30.6 Å². The van der Waals surface area contributed by atoms with Gasteiger partial charge in [0.25, 0.3) is 0 Å². The van der Waals surface area contributed by atoms with E-state index < -0.39 is 0 Å². The molecule has 19 heavy (non-hydrogen) atoms. The summed E-state index contributed by atoms with van der Waals surface area (Å²) in [6, 6.07) is 7.39. The molecule has 1 aromatic heterocycles. The Hall–Kier alpha value is -1.81. The van der Waals surface area contributed by atoms with E-state index in [9.17, 15) is 0 Å². The average Bonchev–Trinajstić information content (AvgIpc) is 2.40. The van der Waals surface area contributed by atoms with Gasteiger partial charge < -0.3 is 10.1 Å². The van der Waals surface area contributed by atoms with Gasteiger partial charge in [0.05, 0.1) is 5.02 Å². The van der Waals surface area contributed by atoms with Crippen molar-refractivity contribution in [1.29, 1.82) is 0 Å². The van der Waals surface area contributed by atoms with Crippen LogP contribution in [0, 0.1) is 6.92 Å². The number of anilines is 1. The molecule has 0 amide bonds. The highest BCUT2D eigenvalue weighted by atomic mass is 35.5. The van der Waals surface area contributed by atoms with Crippen molar-refractivity contribution in [2.24, 2.45) is 0 Å². The Labute approximate surface area is 117 Å². The lowest BCUT2D eigenvalue weighted by Gasteiger charge is -2.08. The van der Waals surface area contributed by atoms with Gasteiger partial charge in [-0.05, 0) is 31.0 Å². The van der Waals surface area contributed by atoms with Gasteiger partial charge in [-0.2, -0.15) is 0 Å². The van der Waals surface area contributed by atoms with Crippen LogP contribution in [-0.2, 0) is 0 Å². The Morgan fingerprint density at radius 1 is 1.26 bits per heavy atom. The quantitative estimate of drug-likeness (QED) is 0.895. The van der Waals surface area contributed by atoms with E-state index in [0.29, 0.717) is 16.7 Å². The molecule has 2 aromatic rings. The number of aromatic nitrogens is 2. The zero-order chi connectivity index (χ0) is 13.7. The van der Waals surface area contributed by atoms with Crippen molar-refractivity contribution in [2.45, 2.75) is 20.3 Å².